The molecule has 0 aliphatic rings. The molecule has 0 saturated heterocycles. The molecule has 1 aromatic rings. The summed E-state index contributed by atoms with van der Waals surface area (Å²) in [4.78, 5) is 0. The first kappa shape index (κ1) is 14.5. The molecule has 0 saturated carbocycles. The van der Waals surface area contributed by atoms with Crippen molar-refractivity contribution in [1.29, 1.82) is 0 Å². The maximum absolute atomic E-state index is 12.2. The van der Waals surface area contributed by atoms with Gasteiger partial charge in [-0.1, -0.05) is 17.7 Å². The van der Waals surface area contributed by atoms with Crippen LogP contribution < -0.4 is 5.09 Å². The van der Waals surface area contributed by atoms with E-state index in [9.17, 15) is 4.57 Å². The number of halogens is 1. The van der Waals surface area contributed by atoms with Crippen molar-refractivity contribution in [2.24, 2.45) is 0 Å². The fraction of sp³-hybridized carbons (Fsp3) is 0.455. The van der Waals surface area contributed by atoms with Crippen LogP contribution in [0.15, 0.2) is 18.2 Å². The van der Waals surface area contributed by atoms with Crippen molar-refractivity contribution in [2.45, 2.75) is 20.8 Å². The summed E-state index contributed by atoms with van der Waals surface area (Å²) in [6.45, 7) is 6.04. The summed E-state index contributed by atoms with van der Waals surface area (Å²) in [5.74, 6) is 0. The quantitative estimate of drug-likeness (QED) is 0.790. The molecule has 6 heteroatoms. The molecule has 0 radical (unpaired) electrons. The third-order valence-corrected chi connectivity index (χ3v) is 4.17. The molecule has 1 aromatic carbocycles. The predicted molar refractivity (Wildman–Crippen MR) is 70.7 cm³/mol. The number of anilines is 1. The Morgan fingerprint density at radius 2 is 1.88 bits per heavy atom. The van der Waals surface area contributed by atoms with Crippen molar-refractivity contribution in [3.05, 3.63) is 28.8 Å². The molecule has 0 atom stereocenters. The Labute approximate surface area is 107 Å². The van der Waals surface area contributed by atoms with E-state index in [1.165, 1.54) is 0 Å². The lowest BCUT2D eigenvalue weighted by molar-refractivity contribution is 0.225. The highest BCUT2D eigenvalue weighted by Crippen LogP contribution is 2.47. The lowest BCUT2D eigenvalue weighted by atomic mass is 10.2. The molecule has 0 fully saturated rings. The molecule has 0 heterocycles. The van der Waals surface area contributed by atoms with Crippen molar-refractivity contribution in [1.82, 2.24) is 0 Å². The summed E-state index contributed by atoms with van der Waals surface area (Å²) in [6.07, 6.45) is 0. The smallest absolute Gasteiger partial charge is 0.293 e. The van der Waals surface area contributed by atoms with Gasteiger partial charge in [0.2, 0.25) is 0 Å². The predicted octanol–water partition coefficient (Wildman–Crippen LogP) is 4.24. The van der Waals surface area contributed by atoms with Gasteiger partial charge in [-0.3, -0.25) is 14.1 Å². The van der Waals surface area contributed by atoms with E-state index < -0.39 is 7.75 Å². The van der Waals surface area contributed by atoms with Crippen LogP contribution in [0.25, 0.3) is 0 Å². The van der Waals surface area contributed by atoms with Crippen molar-refractivity contribution in [2.75, 3.05) is 18.3 Å². The van der Waals surface area contributed by atoms with Crippen molar-refractivity contribution in [3.63, 3.8) is 0 Å². The van der Waals surface area contributed by atoms with Crippen LogP contribution in [-0.2, 0) is 13.6 Å². The van der Waals surface area contributed by atoms with Crippen LogP contribution in [0.2, 0.25) is 5.02 Å². The third-order valence-electron chi connectivity index (χ3n) is 2.04. The van der Waals surface area contributed by atoms with Gasteiger partial charge in [0, 0.05) is 10.7 Å². The highest BCUT2D eigenvalue weighted by molar-refractivity contribution is 7.55. The molecule has 0 unspecified atom stereocenters. The van der Waals surface area contributed by atoms with Crippen molar-refractivity contribution in [3.8, 4) is 0 Å². The standard InChI is InChI=1S/C11H17ClNO3P/c1-4-15-17(14,16-5-2)13-10-7-6-9(3)11(12)8-10/h6-8H,4-5H2,1-3H3,(H,13,14). The number of nitrogens with one attached hydrogen (secondary N) is 1. The fourth-order valence-electron chi connectivity index (χ4n) is 1.26. The Morgan fingerprint density at radius 1 is 1.29 bits per heavy atom. The monoisotopic (exact) mass is 277 g/mol. The van der Waals surface area contributed by atoms with E-state index in [-0.39, 0.29) is 0 Å². The molecule has 1 rings (SSSR count). The molecule has 0 aliphatic heterocycles. The van der Waals surface area contributed by atoms with E-state index in [4.69, 9.17) is 20.6 Å². The molecular weight excluding hydrogens is 261 g/mol. The van der Waals surface area contributed by atoms with Crippen LogP contribution in [0.4, 0.5) is 5.69 Å². The Balaban J connectivity index is 2.86. The van der Waals surface area contributed by atoms with Crippen molar-refractivity contribution < 1.29 is 13.6 Å². The molecule has 4 nitrogen and oxygen atoms in total. The van der Waals surface area contributed by atoms with Gasteiger partial charge in [-0.05, 0) is 38.5 Å². The molecule has 0 bridgehead atoms. The Bertz CT molecular complexity index is 415. The Hall–Kier alpha value is -0.540. The summed E-state index contributed by atoms with van der Waals surface area (Å²) in [5, 5.41) is 3.36. The minimum Gasteiger partial charge on any atom is -0.293 e. The molecule has 0 amide bonds. The van der Waals surface area contributed by atoms with Crippen LogP contribution in [-0.4, -0.2) is 13.2 Å². The third kappa shape index (κ3) is 4.32. The van der Waals surface area contributed by atoms with Gasteiger partial charge in [-0.2, -0.15) is 0 Å². The number of hydrogen-bond acceptors (Lipinski definition) is 3. The maximum Gasteiger partial charge on any atom is 0.432 e. The maximum atomic E-state index is 12.2. The minimum atomic E-state index is -3.28. The molecule has 17 heavy (non-hydrogen) atoms. The van der Waals surface area contributed by atoms with Gasteiger partial charge in [-0.25, -0.2) is 4.57 Å². The Morgan fingerprint density at radius 3 is 2.35 bits per heavy atom. The van der Waals surface area contributed by atoms with Crippen LogP contribution in [0.3, 0.4) is 0 Å². The van der Waals surface area contributed by atoms with E-state index in [0.717, 1.165) is 5.56 Å². The first-order chi connectivity index (χ1) is 8.00. The van der Waals surface area contributed by atoms with Crippen LogP contribution >= 0.6 is 19.3 Å². The average Bonchev–Trinajstić information content (AvgIpc) is 2.24. The summed E-state index contributed by atoms with van der Waals surface area (Å²) in [7, 11) is -3.28. The van der Waals surface area contributed by atoms with Gasteiger partial charge in [0.15, 0.2) is 0 Å². The number of benzene rings is 1. The first-order valence-electron chi connectivity index (χ1n) is 5.44. The first-order valence-corrected chi connectivity index (χ1v) is 7.36. The largest absolute Gasteiger partial charge is 0.432 e. The normalized spacial score (nSPS) is 11.5. The number of aryl methyl sites for hydroxylation is 1. The summed E-state index contributed by atoms with van der Waals surface area (Å²) < 4.78 is 22.4. The molecule has 1 N–H and O–H groups in total. The van der Waals surface area contributed by atoms with Gasteiger partial charge < -0.3 is 0 Å². The van der Waals surface area contributed by atoms with Gasteiger partial charge in [0.05, 0.1) is 13.2 Å². The zero-order valence-corrected chi connectivity index (χ0v) is 11.8. The van der Waals surface area contributed by atoms with E-state index in [0.29, 0.717) is 23.9 Å². The second kappa shape index (κ2) is 6.41. The second-order valence-corrected chi connectivity index (χ2v) is 5.55. The van der Waals surface area contributed by atoms with Gasteiger partial charge in [0.1, 0.15) is 0 Å². The second-order valence-electron chi connectivity index (χ2n) is 3.41. The molecular formula is C11H17ClNO3P. The molecule has 0 spiro atoms. The summed E-state index contributed by atoms with van der Waals surface area (Å²) >= 11 is 5.99. The Kier molecular flexibility index (Phi) is 5.47. The fourth-order valence-corrected chi connectivity index (χ4v) is 2.78. The van der Waals surface area contributed by atoms with Crippen LogP contribution in [0.5, 0.6) is 0 Å². The lowest BCUT2D eigenvalue weighted by Crippen LogP contribution is -2.05. The minimum absolute atomic E-state index is 0.309. The highest BCUT2D eigenvalue weighted by Gasteiger charge is 2.23. The SMILES string of the molecule is CCOP(=O)(Nc1ccc(C)c(Cl)c1)OCC. The molecule has 0 aliphatic carbocycles. The average molecular weight is 278 g/mol. The van der Waals surface area contributed by atoms with E-state index >= 15 is 0 Å². The number of rotatable bonds is 6. The van der Waals surface area contributed by atoms with Gasteiger partial charge in [-0.15, -0.1) is 0 Å². The molecule has 0 aromatic heterocycles. The lowest BCUT2D eigenvalue weighted by Gasteiger charge is -2.18. The number of hydrogen-bond donors (Lipinski definition) is 1. The zero-order chi connectivity index (χ0) is 12.9. The van der Waals surface area contributed by atoms with E-state index in [1.807, 2.05) is 13.0 Å². The molecule has 96 valence electrons. The van der Waals surface area contributed by atoms with Crippen LogP contribution in [0, 0.1) is 6.92 Å². The van der Waals surface area contributed by atoms with E-state index in [1.54, 1.807) is 26.0 Å². The van der Waals surface area contributed by atoms with Crippen molar-refractivity contribution >= 4 is 25.0 Å². The van der Waals surface area contributed by atoms with E-state index in [2.05, 4.69) is 5.09 Å². The van der Waals surface area contributed by atoms with Gasteiger partial charge in [0.25, 0.3) is 0 Å². The van der Waals surface area contributed by atoms with Gasteiger partial charge >= 0.3 is 7.75 Å². The topological polar surface area (TPSA) is 47.6 Å². The van der Waals surface area contributed by atoms with Crippen LogP contribution in [0.1, 0.15) is 19.4 Å². The summed E-state index contributed by atoms with van der Waals surface area (Å²) in [5.41, 5.74) is 1.57. The highest BCUT2D eigenvalue weighted by atomic mass is 35.5. The zero-order valence-electron chi connectivity index (χ0n) is 10.2. The summed E-state index contributed by atoms with van der Waals surface area (Å²) in [6, 6.07) is 5.32.